The van der Waals surface area contributed by atoms with Gasteiger partial charge in [0.1, 0.15) is 16.4 Å². The lowest BCUT2D eigenvalue weighted by atomic mass is 10.2. The molecule has 0 bridgehead atoms. The Bertz CT molecular complexity index is 1050. The highest BCUT2D eigenvalue weighted by Crippen LogP contribution is 2.33. The van der Waals surface area contributed by atoms with Crippen molar-refractivity contribution in [2.75, 3.05) is 19.7 Å². The van der Waals surface area contributed by atoms with Crippen molar-refractivity contribution >= 4 is 27.6 Å². The summed E-state index contributed by atoms with van der Waals surface area (Å²) in [6.45, 7) is 3.00. The number of phenolic OH excluding ortho intramolecular Hbond substituents is 1. The van der Waals surface area contributed by atoms with Gasteiger partial charge in [0.2, 0.25) is 10.0 Å². The Labute approximate surface area is 168 Å². The van der Waals surface area contributed by atoms with E-state index in [2.05, 4.69) is 4.99 Å². The normalized spacial score (nSPS) is 15.1. The molecule has 9 nitrogen and oxygen atoms in total. The van der Waals surface area contributed by atoms with Crippen LogP contribution in [0.15, 0.2) is 46.3 Å². The molecule has 0 aromatic heterocycles. The first-order chi connectivity index (χ1) is 13.8. The molecule has 0 aliphatic carbocycles. The van der Waals surface area contributed by atoms with Crippen LogP contribution in [-0.4, -0.2) is 48.7 Å². The van der Waals surface area contributed by atoms with Gasteiger partial charge in [-0.2, -0.15) is 4.31 Å². The van der Waals surface area contributed by atoms with Gasteiger partial charge in [0.15, 0.2) is 0 Å². The number of aromatic hydroxyl groups is 1. The average Bonchev–Trinajstić information content (AvgIpc) is 3.24. The monoisotopic (exact) mass is 419 g/mol. The highest BCUT2D eigenvalue weighted by molar-refractivity contribution is 7.89. The zero-order valence-corrected chi connectivity index (χ0v) is 16.6. The quantitative estimate of drug-likeness (QED) is 0.418. The van der Waals surface area contributed by atoms with Crippen molar-refractivity contribution in [1.82, 2.24) is 4.31 Å². The third-order valence-corrected chi connectivity index (χ3v) is 6.40. The molecular formula is C19H21N3O6S. The number of phenols is 1. The minimum Gasteiger partial charge on any atom is -0.507 e. The van der Waals surface area contributed by atoms with Crippen LogP contribution in [0.25, 0.3) is 0 Å². The average molecular weight is 419 g/mol. The Hall–Kier alpha value is -2.98. The molecule has 0 unspecified atom stereocenters. The molecule has 1 aliphatic heterocycles. The smallest absolute Gasteiger partial charge is 0.270 e. The molecule has 1 aliphatic rings. The van der Waals surface area contributed by atoms with Crippen molar-refractivity contribution in [3.8, 4) is 11.5 Å². The summed E-state index contributed by atoms with van der Waals surface area (Å²) in [4.78, 5) is 14.6. The Morgan fingerprint density at radius 3 is 2.62 bits per heavy atom. The second-order valence-electron chi connectivity index (χ2n) is 6.43. The molecule has 3 rings (SSSR count). The van der Waals surface area contributed by atoms with Gasteiger partial charge in [-0.3, -0.25) is 15.1 Å². The fourth-order valence-electron chi connectivity index (χ4n) is 3.02. The minimum absolute atomic E-state index is 0.0270. The molecule has 10 heteroatoms. The van der Waals surface area contributed by atoms with Gasteiger partial charge in [0.25, 0.3) is 5.69 Å². The topological polar surface area (TPSA) is 122 Å². The Morgan fingerprint density at radius 2 is 1.97 bits per heavy atom. The second kappa shape index (κ2) is 8.58. The van der Waals surface area contributed by atoms with Gasteiger partial charge in [-0.15, -0.1) is 0 Å². The zero-order chi connectivity index (χ0) is 21.0. The number of hydrogen-bond donors (Lipinski definition) is 1. The van der Waals surface area contributed by atoms with Gasteiger partial charge in [0.05, 0.1) is 17.2 Å². The number of nitrogens with zero attached hydrogens (tertiary/aromatic N) is 3. The van der Waals surface area contributed by atoms with E-state index in [9.17, 15) is 23.6 Å². The Morgan fingerprint density at radius 1 is 1.24 bits per heavy atom. The first-order valence-electron chi connectivity index (χ1n) is 9.11. The molecule has 29 heavy (non-hydrogen) atoms. The van der Waals surface area contributed by atoms with Crippen LogP contribution in [-0.2, 0) is 10.0 Å². The number of aliphatic imine (C=N–C) groups is 1. The van der Waals surface area contributed by atoms with E-state index in [1.807, 2.05) is 0 Å². The Balaban J connectivity index is 1.98. The van der Waals surface area contributed by atoms with Crippen molar-refractivity contribution in [2.45, 2.75) is 24.7 Å². The van der Waals surface area contributed by atoms with E-state index in [1.165, 1.54) is 40.9 Å². The SMILES string of the molecule is CCOc1ccc(N=Cc2cc([N+](=O)[O-])ccc2O)cc1S(=O)(=O)N1CCCC1. The summed E-state index contributed by atoms with van der Waals surface area (Å²) < 4.78 is 32.9. The number of hydrogen-bond acceptors (Lipinski definition) is 7. The van der Waals surface area contributed by atoms with E-state index >= 15 is 0 Å². The predicted octanol–water partition coefficient (Wildman–Crippen LogP) is 3.23. The van der Waals surface area contributed by atoms with E-state index in [0.29, 0.717) is 25.4 Å². The molecule has 0 amide bonds. The summed E-state index contributed by atoms with van der Waals surface area (Å²) in [6.07, 6.45) is 2.88. The summed E-state index contributed by atoms with van der Waals surface area (Å²) in [6, 6.07) is 8.11. The van der Waals surface area contributed by atoms with Gasteiger partial charge in [-0.05, 0) is 44.0 Å². The Kier molecular flexibility index (Phi) is 6.14. The van der Waals surface area contributed by atoms with Crippen LogP contribution >= 0.6 is 0 Å². The number of sulfonamides is 1. The summed E-state index contributed by atoms with van der Waals surface area (Å²) in [5.74, 6) is 0.0757. The summed E-state index contributed by atoms with van der Waals surface area (Å²) in [5, 5.41) is 20.8. The minimum atomic E-state index is -3.73. The van der Waals surface area contributed by atoms with Crippen molar-refractivity contribution in [1.29, 1.82) is 0 Å². The number of non-ortho nitro benzene ring substituents is 1. The third kappa shape index (κ3) is 4.54. The van der Waals surface area contributed by atoms with Gasteiger partial charge in [0, 0.05) is 37.0 Å². The van der Waals surface area contributed by atoms with Crippen LogP contribution in [0.2, 0.25) is 0 Å². The number of rotatable bonds is 7. The largest absolute Gasteiger partial charge is 0.507 e. The second-order valence-corrected chi connectivity index (χ2v) is 8.34. The molecule has 0 radical (unpaired) electrons. The number of benzene rings is 2. The summed E-state index contributed by atoms with van der Waals surface area (Å²) in [5.41, 5.74) is 0.280. The molecule has 1 fully saturated rings. The van der Waals surface area contributed by atoms with Crippen LogP contribution in [0.5, 0.6) is 11.5 Å². The van der Waals surface area contributed by atoms with Crippen LogP contribution < -0.4 is 4.74 Å². The summed E-state index contributed by atoms with van der Waals surface area (Å²) >= 11 is 0. The van der Waals surface area contributed by atoms with Crippen molar-refractivity contribution < 1.29 is 23.2 Å². The van der Waals surface area contributed by atoms with Crippen molar-refractivity contribution in [3.63, 3.8) is 0 Å². The zero-order valence-electron chi connectivity index (χ0n) is 15.8. The molecule has 2 aromatic rings. The highest BCUT2D eigenvalue weighted by Gasteiger charge is 2.30. The molecule has 0 atom stereocenters. The van der Waals surface area contributed by atoms with E-state index in [1.54, 1.807) is 13.0 Å². The van der Waals surface area contributed by atoms with Gasteiger partial charge >= 0.3 is 0 Å². The van der Waals surface area contributed by atoms with E-state index < -0.39 is 14.9 Å². The lowest BCUT2D eigenvalue weighted by Crippen LogP contribution is -2.28. The van der Waals surface area contributed by atoms with Crippen molar-refractivity contribution in [2.24, 2.45) is 4.99 Å². The maximum atomic E-state index is 13.0. The fourth-order valence-corrected chi connectivity index (χ4v) is 4.69. The van der Waals surface area contributed by atoms with Crippen LogP contribution in [0.4, 0.5) is 11.4 Å². The highest BCUT2D eigenvalue weighted by atomic mass is 32.2. The lowest BCUT2D eigenvalue weighted by Gasteiger charge is -2.18. The van der Waals surface area contributed by atoms with Crippen LogP contribution in [0.1, 0.15) is 25.3 Å². The molecule has 1 N–H and O–H groups in total. The van der Waals surface area contributed by atoms with Crippen LogP contribution in [0.3, 0.4) is 0 Å². The maximum absolute atomic E-state index is 13.0. The lowest BCUT2D eigenvalue weighted by molar-refractivity contribution is -0.384. The fraction of sp³-hybridized carbons (Fsp3) is 0.316. The van der Waals surface area contributed by atoms with E-state index in [-0.39, 0.29) is 27.6 Å². The standard InChI is InChI=1S/C19H21N3O6S/c1-2-28-18-8-5-15(12-19(18)29(26,27)21-9-3-4-10-21)20-13-14-11-16(22(24)25)6-7-17(14)23/h5-8,11-13,23H,2-4,9-10H2,1H3. The summed E-state index contributed by atoms with van der Waals surface area (Å²) in [7, 11) is -3.73. The predicted molar refractivity (Wildman–Crippen MR) is 108 cm³/mol. The van der Waals surface area contributed by atoms with E-state index in [4.69, 9.17) is 4.74 Å². The number of nitro groups is 1. The first-order valence-corrected chi connectivity index (χ1v) is 10.6. The maximum Gasteiger partial charge on any atom is 0.270 e. The van der Waals surface area contributed by atoms with E-state index in [0.717, 1.165) is 12.8 Å². The number of nitro benzene ring substituents is 1. The third-order valence-electron chi connectivity index (χ3n) is 4.48. The van der Waals surface area contributed by atoms with Gasteiger partial charge < -0.3 is 9.84 Å². The molecule has 1 saturated heterocycles. The number of ether oxygens (including phenoxy) is 1. The molecule has 154 valence electrons. The molecule has 0 spiro atoms. The molecule has 1 heterocycles. The van der Waals surface area contributed by atoms with Gasteiger partial charge in [-0.25, -0.2) is 8.42 Å². The van der Waals surface area contributed by atoms with Gasteiger partial charge in [-0.1, -0.05) is 0 Å². The molecule has 2 aromatic carbocycles. The van der Waals surface area contributed by atoms with Crippen molar-refractivity contribution in [3.05, 3.63) is 52.1 Å². The first kappa shape index (κ1) is 20.7. The molecular weight excluding hydrogens is 398 g/mol. The molecule has 0 saturated carbocycles. The van der Waals surface area contributed by atoms with Crippen LogP contribution in [0, 0.1) is 10.1 Å².